The van der Waals surface area contributed by atoms with Gasteiger partial charge in [0.1, 0.15) is 11.6 Å². The van der Waals surface area contributed by atoms with E-state index in [1.54, 1.807) is 35.4 Å². The highest BCUT2D eigenvalue weighted by Gasteiger charge is 2.34. The van der Waals surface area contributed by atoms with E-state index in [0.29, 0.717) is 29.7 Å². The number of halogens is 3. The molecule has 0 spiro atoms. The number of fused-ring (bicyclic) bond motifs is 1. The van der Waals surface area contributed by atoms with Gasteiger partial charge < -0.3 is 4.57 Å². The number of carbonyl (C=O) groups is 1. The Labute approximate surface area is 206 Å². The van der Waals surface area contributed by atoms with Crippen LogP contribution in [-0.2, 0) is 31.0 Å². The summed E-state index contributed by atoms with van der Waals surface area (Å²) in [5.74, 6) is 1.60. The number of rotatable bonds is 5. The normalized spacial score (nSPS) is 13.5. The monoisotopic (exact) mass is 491 g/mol. The van der Waals surface area contributed by atoms with Gasteiger partial charge in [-0.1, -0.05) is 62.4 Å². The van der Waals surface area contributed by atoms with E-state index in [0.717, 1.165) is 28.5 Å². The molecule has 0 aliphatic carbocycles. The predicted octanol–water partition coefficient (Wildman–Crippen LogP) is 5.78. The van der Waals surface area contributed by atoms with E-state index in [2.05, 4.69) is 29.9 Å². The van der Waals surface area contributed by atoms with Gasteiger partial charge in [-0.2, -0.15) is 13.2 Å². The molecule has 6 nitrogen and oxygen atoms in total. The van der Waals surface area contributed by atoms with Crippen LogP contribution in [0.1, 0.15) is 42.1 Å². The van der Waals surface area contributed by atoms with Crippen LogP contribution in [0.2, 0.25) is 0 Å². The highest BCUT2D eigenvalue weighted by molar-refractivity contribution is 6.00. The Balaban J connectivity index is 1.42. The second kappa shape index (κ2) is 8.89. The minimum Gasteiger partial charge on any atom is -0.333 e. The molecule has 0 atom stereocenters. The van der Waals surface area contributed by atoms with Crippen molar-refractivity contribution in [3.8, 4) is 22.8 Å². The lowest BCUT2D eigenvalue weighted by molar-refractivity contribution is -0.140. The van der Waals surface area contributed by atoms with Gasteiger partial charge in [0.25, 0.3) is 0 Å². The standard InChI is InChI=1S/C27H24F3N5O/c1-16(2)20-6-4-5-7-21(20)24-31-13-19-12-23(36)35(26(19)33-24)14-17-8-10-18(11-9-17)25-32-22(15-34(25)3)27(28,29)30/h4-11,13,15-16H,12,14H2,1-3H3. The Kier molecular flexibility index (Phi) is 5.86. The van der Waals surface area contributed by atoms with Crippen LogP contribution < -0.4 is 4.90 Å². The molecule has 0 unspecified atom stereocenters. The Morgan fingerprint density at radius 1 is 1.03 bits per heavy atom. The number of aryl methyl sites for hydroxylation is 1. The molecule has 1 aliphatic heterocycles. The molecule has 0 radical (unpaired) electrons. The molecule has 2 aromatic heterocycles. The maximum Gasteiger partial charge on any atom is 0.434 e. The van der Waals surface area contributed by atoms with Crippen molar-refractivity contribution >= 4 is 11.7 Å². The van der Waals surface area contributed by atoms with Gasteiger partial charge in [0.05, 0.1) is 13.0 Å². The summed E-state index contributed by atoms with van der Waals surface area (Å²) in [5.41, 5.74) is 3.29. The fraction of sp³-hybridized carbons (Fsp3) is 0.259. The average molecular weight is 492 g/mol. The molecule has 9 heteroatoms. The van der Waals surface area contributed by atoms with Crippen LogP contribution in [0.25, 0.3) is 22.8 Å². The Morgan fingerprint density at radius 2 is 1.75 bits per heavy atom. The summed E-state index contributed by atoms with van der Waals surface area (Å²) >= 11 is 0. The Morgan fingerprint density at radius 3 is 2.42 bits per heavy atom. The maximum absolute atomic E-state index is 13.0. The van der Waals surface area contributed by atoms with Crippen LogP contribution in [0.15, 0.2) is 60.9 Å². The molecule has 184 valence electrons. The van der Waals surface area contributed by atoms with Crippen LogP contribution >= 0.6 is 0 Å². The molecule has 5 rings (SSSR count). The minimum absolute atomic E-state index is 0.0726. The van der Waals surface area contributed by atoms with Gasteiger partial charge in [0, 0.05) is 36.1 Å². The van der Waals surface area contributed by atoms with E-state index in [1.165, 1.54) is 11.6 Å². The van der Waals surface area contributed by atoms with Gasteiger partial charge in [0.2, 0.25) is 5.91 Å². The fourth-order valence-corrected chi connectivity index (χ4v) is 4.44. The second-order valence-electron chi connectivity index (χ2n) is 9.20. The molecule has 0 bridgehead atoms. The van der Waals surface area contributed by atoms with Crippen LogP contribution in [0.3, 0.4) is 0 Å². The van der Waals surface area contributed by atoms with Crippen molar-refractivity contribution in [1.82, 2.24) is 19.5 Å². The fourth-order valence-electron chi connectivity index (χ4n) is 4.44. The molecule has 0 fully saturated rings. The van der Waals surface area contributed by atoms with Crippen LogP contribution in [0.5, 0.6) is 0 Å². The number of anilines is 1. The van der Waals surface area contributed by atoms with Crippen LogP contribution in [-0.4, -0.2) is 25.4 Å². The van der Waals surface area contributed by atoms with Crippen molar-refractivity contribution in [2.45, 2.75) is 38.9 Å². The number of carbonyl (C=O) groups excluding carboxylic acids is 1. The molecule has 3 heterocycles. The number of alkyl halides is 3. The third-order valence-electron chi connectivity index (χ3n) is 6.28. The van der Waals surface area contributed by atoms with E-state index >= 15 is 0 Å². The lowest BCUT2D eigenvalue weighted by Gasteiger charge is -2.18. The molecular weight excluding hydrogens is 467 g/mol. The molecule has 1 amide bonds. The number of nitrogens with zero attached hydrogens (tertiary/aromatic N) is 5. The molecule has 4 aromatic rings. The van der Waals surface area contributed by atoms with Crippen LogP contribution in [0.4, 0.5) is 19.0 Å². The van der Waals surface area contributed by atoms with Crippen molar-refractivity contribution in [1.29, 1.82) is 0 Å². The predicted molar refractivity (Wildman–Crippen MR) is 130 cm³/mol. The number of hydrogen-bond acceptors (Lipinski definition) is 4. The van der Waals surface area contributed by atoms with Gasteiger partial charge in [-0.25, -0.2) is 15.0 Å². The lowest BCUT2D eigenvalue weighted by Crippen LogP contribution is -2.26. The third-order valence-corrected chi connectivity index (χ3v) is 6.28. The lowest BCUT2D eigenvalue weighted by atomic mass is 9.97. The van der Waals surface area contributed by atoms with Crippen molar-refractivity contribution in [2.24, 2.45) is 7.05 Å². The van der Waals surface area contributed by atoms with Crippen molar-refractivity contribution < 1.29 is 18.0 Å². The molecule has 0 saturated carbocycles. The Hall–Kier alpha value is -4.01. The topological polar surface area (TPSA) is 63.9 Å². The first-order valence-corrected chi connectivity index (χ1v) is 11.6. The van der Waals surface area contributed by atoms with Crippen molar-refractivity contribution in [3.63, 3.8) is 0 Å². The van der Waals surface area contributed by atoms with Gasteiger partial charge >= 0.3 is 6.18 Å². The molecular formula is C27H24F3N5O. The Bertz CT molecular complexity index is 1440. The number of hydrogen-bond donors (Lipinski definition) is 0. The molecule has 1 aliphatic rings. The van der Waals surface area contributed by atoms with Gasteiger partial charge in [-0.15, -0.1) is 0 Å². The second-order valence-corrected chi connectivity index (χ2v) is 9.20. The maximum atomic E-state index is 13.0. The highest BCUT2D eigenvalue weighted by atomic mass is 19.4. The zero-order valence-electron chi connectivity index (χ0n) is 20.0. The zero-order chi connectivity index (χ0) is 25.6. The van der Waals surface area contributed by atoms with E-state index in [-0.39, 0.29) is 18.2 Å². The van der Waals surface area contributed by atoms with Gasteiger partial charge in [0.15, 0.2) is 11.5 Å². The summed E-state index contributed by atoms with van der Waals surface area (Å²) in [6.45, 7) is 4.52. The van der Waals surface area contributed by atoms with Gasteiger partial charge in [-0.3, -0.25) is 9.69 Å². The quantitative estimate of drug-likeness (QED) is 0.355. The molecule has 0 N–H and O–H groups in total. The molecule has 36 heavy (non-hydrogen) atoms. The first-order valence-electron chi connectivity index (χ1n) is 11.6. The number of imidazole rings is 1. The van der Waals surface area contributed by atoms with E-state index in [4.69, 9.17) is 4.98 Å². The van der Waals surface area contributed by atoms with E-state index in [9.17, 15) is 18.0 Å². The smallest absolute Gasteiger partial charge is 0.333 e. The number of amides is 1. The number of aromatic nitrogens is 4. The first-order chi connectivity index (χ1) is 17.1. The van der Waals surface area contributed by atoms with Crippen molar-refractivity contribution in [2.75, 3.05) is 4.90 Å². The highest BCUT2D eigenvalue weighted by Crippen LogP contribution is 2.34. The first kappa shape index (κ1) is 23.7. The largest absolute Gasteiger partial charge is 0.434 e. The van der Waals surface area contributed by atoms with E-state index < -0.39 is 11.9 Å². The summed E-state index contributed by atoms with van der Waals surface area (Å²) in [6, 6.07) is 15.0. The summed E-state index contributed by atoms with van der Waals surface area (Å²) in [6.07, 6.45) is -1.59. The average Bonchev–Trinajstić information content (AvgIpc) is 3.39. The van der Waals surface area contributed by atoms with E-state index in [1.807, 2.05) is 18.2 Å². The van der Waals surface area contributed by atoms with Crippen molar-refractivity contribution in [3.05, 3.63) is 83.3 Å². The summed E-state index contributed by atoms with van der Waals surface area (Å²) in [4.78, 5) is 27.5. The zero-order valence-corrected chi connectivity index (χ0v) is 20.0. The molecule has 2 aromatic carbocycles. The van der Waals surface area contributed by atoms with Crippen LogP contribution in [0, 0.1) is 0 Å². The summed E-state index contributed by atoms with van der Waals surface area (Å²) in [7, 11) is 1.53. The minimum atomic E-state index is -4.50. The molecule has 0 saturated heterocycles. The third kappa shape index (κ3) is 4.36. The van der Waals surface area contributed by atoms with Gasteiger partial charge in [-0.05, 0) is 17.0 Å². The summed E-state index contributed by atoms with van der Waals surface area (Å²) in [5, 5.41) is 0. The SMILES string of the molecule is CC(C)c1ccccc1-c1ncc2c(n1)N(Cc1ccc(-c3nc(C(F)(F)F)cn3C)cc1)C(=O)C2. The number of benzene rings is 2. The summed E-state index contributed by atoms with van der Waals surface area (Å²) < 4.78 is 40.4.